The van der Waals surface area contributed by atoms with Crippen LogP contribution in [0.25, 0.3) is 0 Å². The predicted octanol–water partition coefficient (Wildman–Crippen LogP) is 1.80. The van der Waals surface area contributed by atoms with Gasteiger partial charge in [0.15, 0.2) is 0 Å². The Hall–Kier alpha value is -2.43. The smallest absolute Gasteiger partial charge is 0.255 e. The van der Waals surface area contributed by atoms with E-state index in [4.69, 9.17) is 0 Å². The van der Waals surface area contributed by atoms with Gasteiger partial charge >= 0.3 is 0 Å². The Morgan fingerprint density at radius 2 is 2.00 bits per heavy atom. The number of aromatic nitrogens is 2. The Morgan fingerprint density at radius 3 is 2.70 bits per heavy atom. The van der Waals surface area contributed by atoms with E-state index in [9.17, 15) is 4.79 Å². The number of anilines is 1. The van der Waals surface area contributed by atoms with E-state index in [0.29, 0.717) is 12.1 Å². The predicted molar refractivity (Wildman–Crippen MR) is 76.4 cm³/mol. The molecule has 1 N–H and O–H groups in total. The summed E-state index contributed by atoms with van der Waals surface area (Å²) in [7, 11) is 0. The van der Waals surface area contributed by atoms with Crippen molar-refractivity contribution in [2.24, 2.45) is 0 Å². The average Bonchev–Trinajstić information content (AvgIpc) is 2.97. The molecule has 1 amide bonds. The largest absolute Gasteiger partial charge is 0.379 e. The van der Waals surface area contributed by atoms with Gasteiger partial charge in [-0.15, -0.1) is 0 Å². The number of carbonyl (C=O) groups excluding carboxylic acids is 1. The van der Waals surface area contributed by atoms with Crippen molar-refractivity contribution in [3.63, 3.8) is 0 Å². The van der Waals surface area contributed by atoms with Crippen molar-refractivity contribution in [3.05, 3.63) is 54.6 Å². The molecule has 0 spiro atoms. The number of nitrogens with one attached hydrogen (secondary N) is 1. The Labute approximate surface area is 117 Å². The summed E-state index contributed by atoms with van der Waals surface area (Å²) in [5.41, 5.74) is 1.64. The maximum absolute atomic E-state index is 12.3. The molecule has 20 heavy (non-hydrogen) atoms. The lowest BCUT2D eigenvalue weighted by molar-refractivity contribution is 0.0791. The number of carbonyl (C=O) groups is 1. The Bertz CT molecular complexity index is 573. The van der Waals surface area contributed by atoms with Crippen LogP contribution in [0, 0.1) is 0 Å². The zero-order chi connectivity index (χ0) is 13.8. The molecule has 1 saturated heterocycles. The summed E-state index contributed by atoms with van der Waals surface area (Å²) in [4.78, 5) is 22.2. The highest BCUT2D eigenvalue weighted by atomic mass is 16.2. The fourth-order valence-corrected chi connectivity index (χ4v) is 2.42. The van der Waals surface area contributed by atoms with Gasteiger partial charge in [-0.3, -0.25) is 14.8 Å². The van der Waals surface area contributed by atoms with Crippen LogP contribution in [0.3, 0.4) is 0 Å². The van der Waals surface area contributed by atoms with Crippen molar-refractivity contribution >= 4 is 11.6 Å². The lowest BCUT2D eigenvalue weighted by Gasteiger charge is -2.17. The molecule has 0 saturated carbocycles. The van der Waals surface area contributed by atoms with Crippen molar-refractivity contribution < 1.29 is 4.79 Å². The van der Waals surface area contributed by atoms with Gasteiger partial charge in [0.2, 0.25) is 0 Å². The van der Waals surface area contributed by atoms with Crippen LogP contribution in [-0.4, -0.2) is 39.9 Å². The molecule has 5 nitrogen and oxygen atoms in total. The third kappa shape index (κ3) is 2.77. The second kappa shape index (κ2) is 5.69. The van der Waals surface area contributed by atoms with E-state index in [1.165, 1.54) is 0 Å². The normalized spacial score (nSPS) is 18.0. The van der Waals surface area contributed by atoms with Gasteiger partial charge in [0.1, 0.15) is 0 Å². The maximum Gasteiger partial charge on any atom is 0.255 e. The van der Waals surface area contributed by atoms with Crippen molar-refractivity contribution in [2.75, 3.05) is 18.4 Å². The van der Waals surface area contributed by atoms with E-state index in [1.807, 2.05) is 17.0 Å². The Morgan fingerprint density at radius 1 is 1.20 bits per heavy atom. The molecular formula is C15H16N4O. The molecular weight excluding hydrogens is 252 g/mol. The Balaban J connectivity index is 1.61. The number of nitrogens with zero attached hydrogens (tertiary/aromatic N) is 3. The lowest BCUT2D eigenvalue weighted by atomic mass is 10.2. The van der Waals surface area contributed by atoms with E-state index in [0.717, 1.165) is 18.7 Å². The molecule has 0 aromatic carbocycles. The van der Waals surface area contributed by atoms with Crippen LogP contribution in [0.1, 0.15) is 16.8 Å². The molecule has 102 valence electrons. The molecule has 2 aromatic rings. The number of hydrogen-bond acceptors (Lipinski definition) is 4. The van der Waals surface area contributed by atoms with Crippen LogP contribution in [0.5, 0.6) is 0 Å². The van der Waals surface area contributed by atoms with Crippen molar-refractivity contribution in [1.29, 1.82) is 0 Å². The van der Waals surface area contributed by atoms with E-state index in [-0.39, 0.29) is 11.9 Å². The summed E-state index contributed by atoms with van der Waals surface area (Å²) < 4.78 is 0. The van der Waals surface area contributed by atoms with Crippen LogP contribution in [0.4, 0.5) is 5.69 Å². The third-order valence-corrected chi connectivity index (χ3v) is 3.42. The van der Waals surface area contributed by atoms with Gasteiger partial charge in [0.25, 0.3) is 5.91 Å². The number of rotatable bonds is 3. The first-order valence-corrected chi connectivity index (χ1v) is 6.69. The lowest BCUT2D eigenvalue weighted by Crippen LogP contribution is -2.31. The summed E-state index contributed by atoms with van der Waals surface area (Å²) in [6, 6.07) is 7.75. The molecule has 1 fully saturated rings. The fraction of sp³-hybridized carbons (Fsp3) is 0.267. The van der Waals surface area contributed by atoms with E-state index < -0.39 is 0 Å². The number of hydrogen-bond donors (Lipinski definition) is 1. The van der Waals surface area contributed by atoms with Gasteiger partial charge in [-0.05, 0) is 30.7 Å². The first kappa shape index (κ1) is 12.6. The molecule has 3 rings (SSSR count). The van der Waals surface area contributed by atoms with E-state index in [2.05, 4.69) is 15.3 Å². The summed E-state index contributed by atoms with van der Waals surface area (Å²) in [6.07, 6.45) is 7.78. The third-order valence-electron chi connectivity index (χ3n) is 3.42. The summed E-state index contributed by atoms with van der Waals surface area (Å²) in [5, 5.41) is 3.41. The Kier molecular flexibility index (Phi) is 3.58. The number of pyridine rings is 2. The van der Waals surface area contributed by atoms with Crippen molar-refractivity contribution in [2.45, 2.75) is 12.5 Å². The van der Waals surface area contributed by atoms with Crippen molar-refractivity contribution in [1.82, 2.24) is 14.9 Å². The first-order valence-electron chi connectivity index (χ1n) is 6.69. The molecule has 3 heterocycles. The maximum atomic E-state index is 12.3. The molecule has 1 aliphatic heterocycles. The zero-order valence-electron chi connectivity index (χ0n) is 11.1. The van der Waals surface area contributed by atoms with Gasteiger partial charge < -0.3 is 10.2 Å². The fourth-order valence-electron chi connectivity index (χ4n) is 2.42. The van der Waals surface area contributed by atoms with Gasteiger partial charge in [-0.1, -0.05) is 0 Å². The topological polar surface area (TPSA) is 58.1 Å². The highest BCUT2D eigenvalue weighted by Crippen LogP contribution is 2.17. The van der Waals surface area contributed by atoms with Crippen LogP contribution in [0.2, 0.25) is 0 Å². The highest BCUT2D eigenvalue weighted by Gasteiger charge is 2.26. The molecule has 0 aliphatic carbocycles. The van der Waals surface area contributed by atoms with E-state index in [1.54, 1.807) is 36.9 Å². The van der Waals surface area contributed by atoms with Gasteiger partial charge in [0.05, 0.1) is 11.3 Å². The molecule has 5 heteroatoms. The van der Waals surface area contributed by atoms with E-state index >= 15 is 0 Å². The minimum Gasteiger partial charge on any atom is -0.379 e. The standard InChI is InChI=1S/C15H16N4O/c20-15(12-3-1-6-16-9-12)19-8-5-14(11-19)18-13-4-2-7-17-10-13/h1-4,6-7,9-10,14,18H,5,8,11H2. The average molecular weight is 268 g/mol. The molecule has 2 aromatic heterocycles. The van der Waals surface area contributed by atoms with Crippen molar-refractivity contribution in [3.8, 4) is 0 Å². The second-order valence-corrected chi connectivity index (χ2v) is 4.86. The number of amides is 1. The molecule has 1 atom stereocenters. The quantitative estimate of drug-likeness (QED) is 0.922. The monoisotopic (exact) mass is 268 g/mol. The minimum absolute atomic E-state index is 0.0496. The van der Waals surface area contributed by atoms with Crippen LogP contribution in [0.15, 0.2) is 49.1 Å². The minimum atomic E-state index is 0.0496. The molecule has 0 radical (unpaired) electrons. The van der Waals surface area contributed by atoms with Crippen LogP contribution >= 0.6 is 0 Å². The van der Waals surface area contributed by atoms with Crippen LogP contribution < -0.4 is 5.32 Å². The molecule has 0 bridgehead atoms. The first-order chi connectivity index (χ1) is 9.83. The number of likely N-dealkylation sites (tertiary alicyclic amines) is 1. The summed E-state index contributed by atoms with van der Waals surface area (Å²) in [5.74, 6) is 0.0496. The zero-order valence-corrected chi connectivity index (χ0v) is 11.1. The summed E-state index contributed by atoms with van der Waals surface area (Å²) in [6.45, 7) is 1.48. The SMILES string of the molecule is O=C(c1cccnc1)N1CCC(Nc2cccnc2)C1. The van der Waals surface area contributed by atoms with Crippen LogP contribution in [-0.2, 0) is 0 Å². The molecule has 1 aliphatic rings. The molecule has 1 unspecified atom stereocenters. The highest BCUT2D eigenvalue weighted by molar-refractivity contribution is 5.94. The van der Waals surface area contributed by atoms with Gasteiger partial charge in [-0.2, -0.15) is 0 Å². The second-order valence-electron chi connectivity index (χ2n) is 4.86. The summed E-state index contributed by atoms with van der Waals surface area (Å²) >= 11 is 0. The van der Waals surface area contributed by atoms with Gasteiger partial charge in [0, 0.05) is 43.9 Å². The van der Waals surface area contributed by atoms with Gasteiger partial charge in [-0.25, -0.2) is 0 Å².